The van der Waals surface area contributed by atoms with Gasteiger partial charge >= 0.3 is 0 Å². The standard InChI is InChI=1S/C4H8BrN3O/c1-8(7)3(2-9)4(5)6/h2,6,9H,7H2,1H3/b3-2+,6-4?. The maximum absolute atomic E-state index is 8.41. The summed E-state index contributed by atoms with van der Waals surface area (Å²) < 4.78 is 0.0509. The Morgan fingerprint density at radius 1 is 1.89 bits per heavy atom. The zero-order valence-electron chi connectivity index (χ0n) is 4.93. The van der Waals surface area contributed by atoms with Crippen molar-refractivity contribution < 1.29 is 5.11 Å². The van der Waals surface area contributed by atoms with Crippen molar-refractivity contribution in [1.29, 1.82) is 5.41 Å². The fraction of sp³-hybridized carbons (Fsp3) is 0.250. The first kappa shape index (κ1) is 8.45. The maximum Gasteiger partial charge on any atom is 0.125 e. The lowest BCUT2D eigenvalue weighted by molar-refractivity contribution is 0.409. The molecule has 0 aliphatic carbocycles. The van der Waals surface area contributed by atoms with E-state index in [0.29, 0.717) is 0 Å². The number of hydrazine groups is 1. The molecule has 0 heterocycles. The number of aliphatic hydroxyl groups excluding tert-OH is 1. The predicted molar refractivity (Wildman–Crippen MR) is 39.3 cm³/mol. The SMILES string of the molecule is CN(N)/C(=C/O)C(=N)Br. The number of hydrogen-bond donors (Lipinski definition) is 3. The molecule has 0 unspecified atom stereocenters. The molecule has 0 bridgehead atoms. The highest BCUT2D eigenvalue weighted by atomic mass is 79.9. The van der Waals surface area contributed by atoms with Gasteiger partial charge in [0.25, 0.3) is 0 Å². The van der Waals surface area contributed by atoms with Crippen molar-refractivity contribution in [2.75, 3.05) is 7.05 Å². The van der Waals surface area contributed by atoms with Crippen LogP contribution in [0.5, 0.6) is 0 Å². The van der Waals surface area contributed by atoms with E-state index in [0.717, 1.165) is 11.3 Å². The molecule has 4 nitrogen and oxygen atoms in total. The third kappa shape index (κ3) is 2.48. The highest BCUT2D eigenvalue weighted by Crippen LogP contribution is 2.01. The molecule has 5 heteroatoms. The van der Waals surface area contributed by atoms with E-state index in [1.54, 1.807) is 0 Å². The lowest BCUT2D eigenvalue weighted by Crippen LogP contribution is -2.27. The van der Waals surface area contributed by atoms with Crippen LogP contribution < -0.4 is 5.84 Å². The van der Waals surface area contributed by atoms with Crippen molar-refractivity contribution >= 4 is 20.6 Å². The van der Waals surface area contributed by atoms with Crippen LogP contribution in [0, 0.1) is 5.41 Å². The lowest BCUT2D eigenvalue weighted by atomic mass is 10.5. The van der Waals surface area contributed by atoms with Crippen LogP contribution in [-0.4, -0.2) is 21.8 Å². The zero-order chi connectivity index (χ0) is 7.44. The van der Waals surface area contributed by atoms with E-state index in [-0.39, 0.29) is 10.3 Å². The monoisotopic (exact) mass is 193 g/mol. The molecule has 0 aromatic heterocycles. The smallest absolute Gasteiger partial charge is 0.125 e. The van der Waals surface area contributed by atoms with E-state index in [1.165, 1.54) is 7.05 Å². The zero-order valence-corrected chi connectivity index (χ0v) is 6.51. The molecule has 0 aliphatic heterocycles. The number of halogens is 1. The Bertz CT molecular complexity index is 143. The fourth-order valence-corrected chi connectivity index (χ4v) is 0.685. The van der Waals surface area contributed by atoms with Crippen LogP contribution in [-0.2, 0) is 0 Å². The van der Waals surface area contributed by atoms with E-state index in [4.69, 9.17) is 16.4 Å². The summed E-state index contributed by atoms with van der Waals surface area (Å²) >= 11 is 2.83. The van der Waals surface area contributed by atoms with Crippen molar-refractivity contribution in [1.82, 2.24) is 5.01 Å². The highest BCUT2D eigenvalue weighted by molar-refractivity contribution is 9.18. The average molecular weight is 194 g/mol. The molecule has 0 fully saturated rings. The number of hydrogen-bond acceptors (Lipinski definition) is 4. The Morgan fingerprint density at radius 2 is 2.33 bits per heavy atom. The van der Waals surface area contributed by atoms with Gasteiger partial charge in [0.05, 0.1) is 0 Å². The van der Waals surface area contributed by atoms with E-state index in [1.807, 2.05) is 0 Å². The van der Waals surface area contributed by atoms with Gasteiger partial charge < -0.3 is 10.1 Å². The number of nitrogens with one attached hydrogen (secondary N) is 1. The van der Waals surface area contributed by atoms with E-state index >= 15 is 0 Å². The number of nitrogens with two attached hydrogens (primary N) is 1. The maximum atomic E-state index is 8.41. The van der Waals surface area contributed by atoms with Gasteiger partial charge in [-0.2, -0.15) is 0 Å². The normalized spacial score (nSPS) is 11.2. The van der Waals surface area contributed by atoms with Gasteiger partial charge in [0, 0.05) is 7.05 Å². The molecule has 0 saturated carbocycles. The van der Waals surface area contributed by atoms with Crippen molar-refractivity contribution in [3.05, 3.63) is 12.0 Å². The Morgan fingerprint density at radius 3 is 2.33 bits per heavy atom. The fourth-order valence-electron chi connectivity index (χ4n) is 0.303. The van der Waals surface area contributed by atoms with Crippen LogP contribution in [0.4, 0.5) is 0 Å². The Hall–Kier alpha value is -0.550. The molecule has 0 atom stereocenters. The van der Waals surface area contributed by atoms with Gasteiger partial charge in [-0.15, -0.1) is 0 Å². The summed E-state index contributed by atoms with van der Waals surface area (Å²) in [6, 6.07) is 0. The molecule has 0 amide bonds. The molecule has 0 radical (unpaired) electrons. The van der Waals surface area contributed by atoms with Crippen LogP contribution in [0.3, 0.4) is 0 Å². The van der Waals surface area contributed by atoms with Crippen LogP contribution in [0.15, 0.2) is 12.0 Å². The Labute approximate surface area is 61.6 Å². The quantitative estimate of drug-likeness (QED) is 0.260. The number of nitrogens with zero attached hydrogens (tertiary/aromatic N) is 1. The Balaban J connectivity index is 4.19. The van der Waals surface area contributed by atoms with E-state index in [9.17, 15) is 0 Å². The largest absolute Gasteiger partial charge is 0.513 e. The molecular weight excluding hydrogens is 186 g/mol. The topological polar surface area (TPSA) is 73.3 Å². The van der Waals surface area contributed by atoms with Gasteiger partial charge in [-0.05, 0) is 15.9 Å². The summed E-state index contributed by atoms with van der Waals surface area (Å²) in [5, 5.41) is 16.5. The summed E-state index contributed by atoms with van der Waals surface area (Å²) in [7, 11) is 1.53. The first-order valence-corrected chi connectivity index (χ1v) is 2.96. The van der Waals surface area contributed by atoms with Gasteiger partial charge in [-0.25, -0.2) is 5.84 Å². The first-order valence-electron chi connectivity index (χ1n) is 2.16. The molecule has 0 saturated heterocycles. The van der Waals surface area contributed by atoms with Gasteiger partial charge in [-0.3, -0.25) is 5.41 Å². The minimum Gasteiger partial charge on any atom is -0.513 e. The second-order valence-electron chi connectivity index (χ2n) is 1.44. The summed E-state index contributed by atoms with van der Waals surface area (Å²) in [6.45, 7) is 0. The second-order valence-corrected chi connectivity index (χ2v) is 2.23. The van der Waals surface area contributed by atoms with Gasteiger partial charge in [0.15, 0.2) is 0 Å². The van der Waals surface area contributed by atoms with Crippen molar-refractivity contribution in [3.63, 3.8) is 0 Å². The summed E-state index contributed by atoms with van der Waals surface area (Å²) in [6.07, 6.45) is 0.761. The number of aliphatic hydroxyl groups is 1. The number of allylic oxidation sites excluding steroid dienone is 1. The van der Waals surface area contributed by atoms with Crippen LogP contribution in [0.2, 0.25) is 0 Å². The predicted octanol–water partition coefficient (Wildman–Crippen LogP) is 0.563. The highest BCUT2D eigenvalue weighted by Gasteiger charge is 2.02. The van der Waals surface area contributed by atoms with Crippen molar-refractivity contribution in [2.45, 2.75) is 0 Å². The van der Waals surface area contributed by atoms with Crippen LogP contribution >= 0.6 is 15.9 Å². The number of rotatable bonds is 2. The van der Waals surface area contributed by atoms with E-state index in [2.05, 4.69) is 15.9 Å². The first-order chi connectivity index (χ1) is 4.09. The minimum absolute atomic E-state index is 0.0509. The molecule has 0 aromatic carbocycles. The summed E-state index contributed by atoms with van der Waals surface area (Å²) in [4.78, 5) is 0. The van der Waals surface area contributed by atoms with Crippen molar-refractivity contribution in [2.24, 2.45) is 5.84 Å². The van der Waals surface area contributed by atoms with Gasteiger partial charge in [0.2, 0.25) is 0 Å². The lowest BCUT2D eigenvalue weighted by Gasteiger charge is -2.11. The molecule has 9 heavy (non-hydrogen) atoms. The molecular formula is C4H8BrN3O. The molecule has 0 aliphatic rings. The Kier molecular flexibility index (Phi) is 3.26. The molecule has 0 rings (SSSR count). The van der Waals surface area contributed by atoms with Gasteiger partial charge in [0.1, 0.15) is 16.6 Å². The van der Waals surface area contributed by atoms with Crippen LogP contribution in [0.1, 0.15) is 0 Å². The molecule has 52 valence electrons. The molecule has 4 N–H and O–H groups in total. The minimum atomic E-state index is 0.0509. The summed E-state index contributed by atoms with van der Waals surface area (Å²) in [5.74, 6) is 5.18. The van der Waals surface area contributed by atoms with E-state index < -0.39 is 0 Å². The second kappa shape index (κ2) is 3.47. The third-order valence-corrected chi connectivity index (χ3v) is 1.13. The van der Waals surface area contributed by atoms with Gasteiger partial charge in [-0.1, -0.05) is 0 Å². The van der Waals surface area contributed by atoms with Crippen molar-refractivity contribution in [3.8, 4) is 0 Å². The average Bonchev–Trinajstić information content (AvgIpc) is 1.64. The summed E-state index contributed by atoms with van der Waals surface area (Å²) in [5.41, 5.74) is 0.231. The molecule has 0 aromatic rings. The molecule has 0 spiro atoms. The third-order valence-electron chi connectivity index (χ3n) is 0.727. The van der Waals surface area contributed by atoms with Crippen LogP contribution in [0.25, 0.3) is 0 Å².